The fourth-order valence-corrected chi connectivity index (χ4v) is 0.620. The molecule has 0 rings (SSSR count). The SMILES string of the molecule is C=C([CH2+])C(N)(CN)C(=C)C. The zero-order valence-electron chi connectivity index (χ0n) is 6.48. The summed E-state index contributed by atoms with van der Waals surface area (Å²) in [5, 5.41) is 0. The lowest BCUT2D eigenvalue weighted by molar-refractivity contribution is 0.605. The highest BCUT2D eigenvalue weighted by atomic mass is 14.8. The molecule has 0 fully saturated rings. The first-order valence-corrected chi connectivity index (χ1v) is 3.11. The highest BCUT2D eigenvalue weighted by Gasteiger charge is 2.29. The highest BCUT2D eigenvalue weighted by molar-refractivity contribution is 5.32. The fourth-order valence-electron chi connectivity index (χ4n) is 0.620. The Kier molecular flexibility index (Phi) is 2.69. The van der Waals surface area contributed by atoms with Gasteiger partial charge in [0.15, 0.2) is 0 Å². The summed E-state index contributed by atoms with van der Waals surface area (Å²) >= 11 is 0. The molecule has 0 saturated heterocycles. The monoisotopic (exact) mass is 139 g/mol. The van der Waals surface area contributed by atoms with E-state index in [2.05, 4.69) is 20.1 Å². The molecule has 4 N–H and O–H groups in total. The quantitative estimate of drug-likeness (QED) is 0.444. The van der Waals surface area contributed by atoms with Gasteiger partial charge in [0.1, 0.15) is 11.1 Å². The molecule has 0 aliphatic carbocycles. The molecule has 0 spiro atoms. The lowest BCUT2D eigenvalue weighted by Crippen LogP contribution is -2.48. The van der Waals surface area contributed by atoms with Gasteiger partial charge in [0.25, 0.3) is 0 Å². The number of hydrogen-bond acceptors (Lipinski definition) is 2. The first-order chi connectivity index (χ1) is 4.45. The predicted octanol–water partition coefficient (Wildman–Crippen LogP) is 0.609. The molecule has 0 heterocycles. The highest BCUT2D eigenvalue weighted by Crippen LogP contribution is 2.17. The summed E-state index contributed by atoms with van der Waals surface area (Å²) in [4.78, 5) is 0. The van der Waals surface area contributed by atoms with Crippen LogP contribution >= 0.6 is 0 Å². The van der Waals surface area contributed by atoms with Crippen LogP contribution < -0.4 is 11.5 Å². The Balaban J connectivity index is 4.55. The summed E-state index contributed by atoms with van der Waals surface area (Å²) < 4.78 is 0. The summed E-state index contributed by atoms with van der Waals surface area (Å²) in [6, 6.07) is 0. The van der Waals surface area contributed by atoms with Gasteiger partial charge in [-0.05, 0) is 6.92 Å². The van der Waals surface area contributed by atoms with Gasteiger partial charge >= 0.3 is 0 Å². The molecule has 0 bridgehead atoms. The van der Waals surface area contributed by atoms with Crippen molar-refractivity contribution in [1.82, 2.24) is 0 Å². The Labute approximate surface area is 62.6 Å². The van der Waals surface area contributed by atoms with Crippen LogP contribution in [-0.4, -0.2) is 12.1 Å². The van der Waals surface area contributed by atoms with E-state index in [1.165, 1.54) is 0 Å². The van der Waals surface area contributed by atoms with Crippen molar-refractivity contribution in [3.63, 3.8) is 0 Å². The van der Waals surface area contributed by atoms with Gasteiger partial charge in [-0.1, -0.05) is 12.2 Å². The molecule has 2 heteroatoms. The molecule has 56 valence electrons. The lowest BCUT2D eigenvalue weighted by atomic mass is 9.87. The smallest absolute Gasteiger partial charge is 0.122 e. The molecule has 0 aromatic carbocycles. The first kappa shape index (κ1) is 9.27. The molecular weight excluding hydrogens is 124 g/mol. The lowest BCUT2D eigenvalue weighted by Gasteiger charge is -2.24. The molecule has 1 unspecified atom stereocenters. The normalized spacial score (nSPS) is 15.9. The second-order valence-electron chi connectivity index (χ2n) is 2.56. The zero-order valence-corrected chi connectivity index (χ0v) is 6.48. The molecule has 0 aromatic heterocycles. The second-order valence-corrected chi connectivity index (χ2v) is 2.56. The van der Waals surface area contributed by atoms with E-state index in [4.69, 9.17) is 11.5 Å². The van der Waals surface area contributed by atoms with Crippen LogP contribution in [0.3, 0.4) is 0 Å². The third kappa shape index (κ3) is 1.40. The number of nitrogens with two attached hydrogens (primary N) is 2. The van der Waals surface area contributed by atoms with Crippen molar-refractivity contribution in [3.05, 3.63) is 31.2 Å². The summed E-state index contributed by atoms with van der Waals surface area (Å²) in [6.45, 7) is 13.1. The molecular formula is C8H15N2+. The number of hydrogen-bond donors (Lipinski definition) is 2. The molecule has 0 saturated carbocycles. The minimum Gasteiger partial charge on any atom is -0.328 e. The van der Waals surface area contributed by atoms with Crippen LogP contribution in [0.1, 0.15) is 6.92 Å². The first-order valence-electron chi connectivity index (χ1n) is 3.11. The Bertz CT molecular complexity index is 145. The molecule has 0 amide bonds. The van der Waals surface area contributed by atoms with Gasteiger partial charge in [0, 0.05) is 20.0 Å². The topological polar surface area (TPSA) is 52.0 Å². The van der Waals surface area contributed by atoms with Crippen LogP contribution in [0.2, 0.25) is 0 Å². The van der Waals surface area contributed by atoms with Gasteiger partial charge in [0.2, 0.25) is 0 Å². The Morgan fingerprint density at radius 2 is 2.00 bits per heavy atom. The third-order valence-electron chi connectivity index (χ3n) is 1.71. The van der Waals surface area contributed by atoms with E-state index in [1.807, 2.05) is 6.92 Å². The minimum absolute atomic E-state index is 0.310. The van der Waals surface area contributed by atoms with Gasteiger partial charge in [0.05, 0.1) is 0 Å². The van der Waals surface area contributed by atoms with E-state index in [-0.39, 0.29) is 0 Å². The van der Waals surface area contributed by atoms with Crippen LogP contribution in [-0.2, 0) is 0 Å². The average Bonchev–Trinajstić information content (AvgIpc) is 1.85. The molecule has 0 aliphatic rings. The molecule has 2 nitrogen and oxygen atoms in total. The van der Waals surface area contributed by atoms with Crippen molar-refractivity contribution in [2.45, 2.75) is 12.5 Å². The fraction of sp³-hybridized carbons (Fsp3) is 0.375. The van der Waals surface area contributed by atoms with E-state index in [1.54, 1.807) is 0 Å². The van der Waals surface area contributed by atoms with E-state index in [0.29, 0.717) is 12.1 Å². The van der Waals surface area contributed by atoms with Crippen molar-refractivity contribution >= 4 is 0 Å². The standard InChI is InChI=1S/C8H15N2/c1-6(2)8(10,5-9)7(3)4/h1-3,5,9-10H2,4H3/q+1. The van der Waals surface area contributed by atoms with Gasteiger partial charge in [-0.3, -0.25) is 0 Å². The van der Waals surface area contributed by atoms with E-state index >= 15 is 0 Å². The second kappa shape index (κ2) is 2.90. The van der Waals surface area contributed by atoms with Crippen LogP contribution in [0, 0.1) is 6.92 Å². The number of rotatable bonds is 3. The zero-order chi connectivity index (χ0) is 8.36. The molecule has 1 atom stereocenters. The molecule has 0 aromatic rings. The summed E-state index contributed by atoms with van der Waals surface area (Å²) in [7, 11) is 0. The summed E-state index contributed by atoms with van der Waals surface area (Å²) in [5.74, 6) is 0. The van der Waals surface area contributed by atoms with Crippen LogP contribution in [0.15, 0.2) is 24.3 Å². The Hall–Kier alpha value is -0.730. The summed E-state index contributed by atoms with van der Waals surface area (Å²) in [6.07, 6.45) is 0. The maximum atomic E-state index is 5.80. The van der Waals surface area contributed by atoms with Gasteiger partial charge < -0.3 is 11.5 Å². The van der Waals surface area contributed by atoms with Crippen molar-refractivity contribution in [1.29, 1.82) is 0 Å². The Morgan fingerprint density at radius 1 is 1.60 bits per heavy atom. The van der Waals surface area contributed by atoms with Crippen molar-refractivity contribution < 1.29 is 0 Å². The van der Waals surface area contributed by atoms with Crippen LogP contribution in [0.25, 0.3) is 0 Å². The van der Waals surface area contributed by atoms with E-state index < -0.39 is 5.54 Å². The molecule has 0 radical (unpaired) electrons. The summed E-state index contributed by atoms with van der Waals surface area (Å²) in [5.41, 5.74) is 12.0. The predicted molar refractivity (Wildman–Crippen MR) is 45.3 cm³/mol. The van der Waals surface area contributed by atoms with Crippen LogP contribution in [0.4, 0.5) is 0 Å². The maximum absolute atomic E-state index is 5.80. The van der Waals surface area contributed by atoms with Crippen molar-refractivity contribution in [2.75, 3.05) is 6.54 Å². The molecule has 10 heavy (non-hydrogen) atoms. The van der Waals surface area contributed by atoms with E-state index in [0.717, 1.165) is 5.57 Å². The third-order valence-corrected chi connectivity index (χ3v) is 1.71. The Morgan fingerprint density at radius 3 is 2.00 bits per heavy atom. The van der Waals surface area contributed by atoms with Crippen molar-refractivity contribution in [2.24, 2.45) is 11.5 Å². The maximum Gasteiger partial charge on any atom is 0.122 e. The average molecular weight is 139 g/mol. The van der Waals surface area contributed by atoms with E-state index in [9.17, 15) is 0 Å². The van der Waals surface area contributed by atoms with Gasteiger partial charge in [-0.2, -0.15) is 0 Å². The molecule has 0 aliphatic heterocycles. The van der Waals surface area contributed by atoms with Crippen molar-refractivity contribution in [3.8, 4) is 0 Å². The minimum atomic E-state index is -0.681. The van der Waals surface area contributed by atoms with Gasteiger partial charge in [-0.15, -0.1) is 0 Å². The van der Waals surface area contributed by atoms with Gasteiger partial charge in [-0.25, -0.2) is 0 Å². The van der Waals surface area contributed by atoms with Crippen LogP contribution in [0.5, 0.6) is 0 Å². The largest absolute Gasteiger partial charge is 0.328 e.